The molecule has 1 heterocycles. The second kappa shape index (κ2) is 5.45. The molecule has 4 nitrogen and oxygen atoms in total. The Labute approximate surface area is 97.3 Å². The summed E-state index contributed by atoms with van der Waals surface area (Å²) >= 11 is 0. The van der Waals surface area contributed by atoms with Gasteiger partial charge in [-0.15, -0.1) is 0 Å². The standard InChI is InChI=1S/C12H23NO3/c1-12(15-8-9-16-12)6-7-13-10-4-2-3-5-11(10)14/h10-11,13-14H,2-9H2,1H3. The third kappa shape index (κ3) is 3.17. The van der Waals surface area contributed by atoms with Crippen molar-refractivity contribution in [2.45, 2.75) is 57.0 Å². The first-order valence-electron chi connectivity index (χ1n) is 6.39. The van der Waals surface area contributed by atoms with Crippen LogP contribution >= 0.6 is 0 Å². The van der Waals surface area contributed by atoms with Crippen molar-refractivity contribution >= 4 is 0 Å². The van der Waals surface area contributed by atoms with Gasteiger partial charge < -0.3 is 19.9 Å². The summed E-state index contributed by atoms with van der Waals surface area (Å²) in [6.45, 7) is 4.22. The molecule has 2 unspecified atom stereocenters. The number of hydrogen-bond acceptors (Lipinski definition) is 4. The van der Waals surface area contributed by atoms with Crippen molar-refractivity contribution < 1.29 is 14.6 Å². The molecule has 2 rings (SSSR count). The lowest BCUT2D eigenvalue weighted by atomic mass is 9.92. The van der Waals surface area contributed by atoms with Gasteiger partial charge in [0.2, 0.25) is 0 Å². The summed E-state index contributed by atoms with van der Waals surface area (Å²) in [4.78, 5) is 0. The molecule has 0 aromatic heterocycles. The molecule has 4 heteroatoms. The topological polar surface area (TPSA) is 50.7 Å². The molecule has 0 radical (unpaired) electrons. The van der Waals surface area contributed by atoms with Crippen LogP contribution in [0.5, 0.6) is 0 Å². The van der Waals surface area contributed by atoms with Crippen LogP contribution in [0.1, 0.15) is 39.0 Å². The highest BCUT2D eigenvalue weighted by Gasteiger charge is 2.31. The van der Waals surface area contributed by atoms with Gasteiger partial charge in [0.25, 0.3) is 0 Å². The van der Waals surface area contributed by atoms with Crippen molar-refractivity contribution in [3.8, 4) is 0 Å². The van der Waals surface area contributed by atoms with E-state index in [-0.39, 0.29) is 12.1 Å². The summed E-state index contributed by atoms with van der Waals surface area (Å²) in [5.74, 6) is -0.410. The molecule has 2 atom stereocenters. The molecule has 16 heavy (non-hydrogen) atoms. The predicted molar refractivity (Wildman–Crippen MR) is 61.2 cm³/mol. The van der Waals surface area contributed by atoms with Gasteiger partial charge in [-0.05, 0) is 19.8 Å². The number of hydrogen-bond donors (Lipinski definition) is 2. The van der Waals surface area contributed by atoms with Crippen molar-refractivity contribution in [1.82, 2.24) is 5.32 Å². The minimum Gasteiger partial charge on any atom is -0.392 e. The Morgan fingerprint density at radius 1 is 1.25 bits per heavy atom. The van der Waals surface area contributed by atoms with E-state index in [1.54, 1.807) is 0 Å². The normalized spacial score (nSPS) is 34.1. The summed E-state index contributed by atoms with van der Waals surface area (Å²) < 4.78 is 11.1. The molecule has 0 spiro atoms. The third-order valence-electron chi connectivity index (χ3n) is 3.61. The fourth-order valence-electron chi connectivity index (χ4n) is 2.54. The summed E-state index contributed by atoms with van der Waals surface area (Å²) in [6.07, 6.45) is 5.06. The highest BCUT2D eigenvalue weighted by Crippen LogP contribution is 2.23. The first-order valence-corrected chi connectivity index (χ1v) is 6.39. The van der Waals surface area contributed by atoms with E-state index in [2.05, 4.69) is 5.32 Å². The van der Waals surface area contributed by atoms with E-state index in [0.717, 1.165) is 32.2 Å². The first-order chi connectivity index (χ1) is 7.70. The Morgan fingerprint density at radius 2 is 1.94 bits per heavy atom. The van der Waals surface area contributed by atoms with Gasteiger partial charge in [-0.3, -0.25) is 0 Å². The number of nitrogens with one attached hydrogen (secondary N) is 1. The maximum absolute atomic E-state index is 9.80. The van der Waals surface area contributed by atoms with Gasteiger partial charge in [0.15, 0.2) is 5.79 Å². The Balaban J connectivity index is 1.66. The summed E-state index contributed by atoms with van der Waals surface area (Å²) in [6, 6.07) is 0.263. The fourth-order valence-corrected chi connectivity index (χ4v) is 2.54. The Kier molecular flexibility index (Phi) is 4.19. The third-order valence-corrected chi connectivity index (χ3v) is 3.61. The van der Waals surface area contributed by atoms with Crippen LogP contribution in [-0.2, 0) is 9.47 Å². The SMILES string of the molecule is CC1(CCNC2CCCCC2O)OCCO1. The molecule has 1 aliphatic carbocycles. The number of ether oxygens (including phenoxy) is 2. The van der Waals surface area contributed by atoms with Crippen LogP contribution in [0.4, 0.5) is 0 Å². The largest absolute Gasteiger partial charge is 0.392 e. The summed E-state index contributed by atoms with van der Waals surface area (Å²) in [5.41, 5.74) is 0. The van der Waals surface area contributed by atoms with E-state index < -0.39 is 5.79 Å². The van der Waals surface area contributed by atoms with Crippen molar-refractivity contribution in [2.75, 3.05) is 19.8 Å². The van der Waals surface area contributed by atoms with E-state index in [1.807, 2.05) is 6.92 Å². The zero-order chi connectivity index (χ0) is 11.4. The molecule has 2 N–H and O–H groups in total. The maximum atomic E-state index is 9.80. The number of rotatable bonds is 4. The van der Waals surface area contributed by atoms with Crippen molar-refractivity contribution in [3.05, 3.63) is 0 Å². The average molecular weight is 229 g/mol. The van der Waals surface area contributed by atoms with Gasteiger partial charge in [-0.25, -0.2) is 0 Å². The molecule has 1 saturated heterocycles. The zero-order valence-corrected chi connectivity index (χ0v) is 10.1. The van der Waals surface area contributed by atoms with Gasteiger partial charge in [-0.2, -0.15) is 0 Å². The highest BCUT2D eigenvalue weighted by molar-refractivity contribution is 4.81. The molecular formula is C12H23NO3. The molecule has 2 fully saturated rings. The second-order valence-electron chi connectivity index (χ2n) is 4.99. The van der Waals surface area contributed by atoms with Crippen molar-refractivity contribution in [3.63, 3.8) is 0 Å². The Hall–Kier alpha value is -0.160. The molecule has 2 aliphatic rings. The zero-order valence-electron chi connectivity index (χ0n) is 10.1. The van der Waals surface area contributed by atoms with Crippen LogP contribution in [0.15, 0.2) is 0 Å². The monoisotopic (exact) mass is 229 g/mol. The van der Waals surface area contributed by atoms with Crippen LogP contribution in [0.3, 0.4) is 0 Å². The maximum Gasteiger partial charge on any atom is 0.166 e. The molecule has 1 saturated carbocycles. The van der Waals surface area contributed by atoms with Gasteiger partial charge in [0.05, 0.1) is 19.3 Å². The van der Waals surface area contributed by atoms with Crippen LogP contribution < -0.4 is 5.32 Å². The summed E-state index contributed by atoms with van der Waals surface area (Å²) in [5, 5.41) is 13.2. The first kappa shape index (κ1) is 12.3. The van der Waals surface area contributed by atoms with Gasteiger partial charge in [0.1, 0.15) is 0 Å². The fraction of sp³-hybridized carbons (Fsp3) is 1.00. The summed E-state index contributed by atoms with van der Waals surface area (Å²) in [7, 11) is 0. The molecule has 1 aliphatic heterocycles. The lowest BCUT2D eigenvalue weighted by molar-refractivity contribution is -0.146. The predicted octanol–water partition coefficient (Wildman–Crippen LogP) is 1.03. The van der Waals surface area contributed by atoms with Gasteiger partial charge in [-0.1, -0.05) is 12.8 Å². The molecule has 0 bridgehead atoms. The minimum absolute atomic E-state index is 0.174. The quantitative estimate of drug-likeness (QED) is 0.756. The number of aliphatic hydroxyl groups is 1. The van der Waals surface area contributed by atoms with E-state index in [9.17, 15) is 5.11 Å². The molecular weight excluding hydrogens is 206 g/mol. The van der Waals surface area contributed by atoms with E-state index in [1.165, 1.54) is 6.42 Å². The number of aliphatic hydroxyl groups excluding tert-OH is 1. The van der Waals surface area contributed by atoms with Gasteiger partial charge >= 0.3 is 0 Å². The van der Waals surface area contributed by atoms with E-state index in [0.29, 0.717) is 13.2 Å². The lowest BCUT2D eigenvalue weighted by Crippen LogP contribution is -2.44. The van der Waals surface area contributed by atoms with Crippen LogP contribution in [0, 0.1) is 0 Å². The van der Waals surface area contributed by atoms with E-state index in [4.69, 9.17) is 9.47 Å². The Bertz CT molecular complexity index is 216. The molecule has 0 amide bonds. The average Bonchev–Trinajstić information content (AvgIpc) is 2.68. The van der Waals surface area contributed by atoms with Crippen molar-refractivity contribution in [2.24, 2.45) is 0 Å². The van der Waals surface area contributed by atoms with Crippen LogP contribution in [-0.4, -0.2) is 42.8 Å². The molecule has 0 aromatic rings. The van der Waals surface area contributed by atoms with Crippen LogP contribution in [0.2, 0.25) is 0 Å². The van der Waals surface area contributed by atoms with Gasteiger partial charge in [0, 0.05) is 19.0 Å². The highest BCUT2D eigenvalue weighted by atomic mass is 16.7. The Morgan fingerprint density at radius 3 is 2.62 bits per heavy atom. The smallest absolute Gasteiger partial charge is 0.166 e. The van der Waals surface area contributed by atoms with E-state index >= 15 is 0 Å². The van der Waals surface area contributed by atoms with Crippen LogP contribution in [0.25, 0.3) is 0 Å². The van der Waals surface area contributed by atoms with Crippen molar-refractivity contribution in [1.29, 1.82) is 0 Å². The molecule has 94 valence electrons. The lowest BCUT2D eigenvalue weighted by Gasteiger charge is -2.30. The second-order valence-corrected chi connectivity index (χ2v) is 4.99. The molecule has 0 aromatic carbocycles. The minimum atomic E-state index is -0.410.